The van der Waals surface area contributed by atoms with Crippen molar-refractivity contribution >= 4 is 0 Å². The molecule has 0 bridgehead atoms. The highest BCUT2D eigenvalue weighted by atomic mass is 16.5. The highest BCUT2D eigenvalue weighted by Gasteiger charge is 2.15. The smallest absolute Gasteiger partial charge is 0.243 e. The second-order valence-corrected chi connectivity index (χ2v) is 4.39. The van der Waals surface area contributed by atoms with E-state index in [0.717, 1.165) is 31.5 Å². The Balaban J connectivity index is 2.51. The number of nitrogens with zero attached hydrogens (tertiary/aromatic N) is 2. The fourth-order valence-corrected chi connectivity index (χ4v) is 1.46. The normalized spacial score (nSPS) is 13.4. The van der Waals surface area contributed by atoms with E-state index in [0.29, 0.717) is 11.8 Å². The quantitative estimate of drug-likeness (QED) is 0.785. The lowest BCUT2D eigenvalue weighted by Crippen LogP contribution is -2.13. The van der Waals surface area contributed by atoms with Gasteiger partial charge in [-0.25, -0.2) is 0 Å². The van der Waals surface area contributed by atoms with Gasteiger partial charge in [0.1, 0.15) is 0 Å². The minimum Gasteiger partial charge on any atom is -0.338 e. The molecule has 1 heterocycles. The first kappa shape index (κ1) is 12.2. The number of aromatic nitrogens is 2. The van der Waals surface area contributed by atoms with Crippen LogP contribution in [0.4, 0.5) is 0 Å². The molecule has 2 N–H and O–H groups in total. The highest BCUT2D eigenvalue weighted by molar-refractivity contribution is 4.92. The second-order valence-electron chi connectivity index (χ2n) is 4.39. The van der Waals surface area contributed by atoms with E-state index in [1.165, 1.54) is 0 Å². The molecule has 0 unspecified atom stereocenters. The van der Waals surface area contributed by atoms with Crippen molar-refractivity contribution in [2.45, 2.75) is 52.5 Å². The maximum atomic E-state index is 5.94. The van der Waals surface area contributed by atoms with Crippen molar-refractivity contribution in [3.8, 4) is 0 Å². The number of rotatable bonds is 6. The van der Waals surface area contributed by atoms with Gasteiger partial charge in [-0.3, -0.25) is 0 Å². The van der Waals surface area contributed by atoms with E-state index in [-0.39, 0.29) is 6.04 Å². The van der Waals surface area contributed by atoms with E-state index in [1.54, 1.807) is 0 Å². The van der Waals surface area contributed by atoms with Gasteiger partial charge in [0.25, 0.3) is 0 Å². The van der Waals surface area contributed by atoms with Crippen molar-refractivity contribution in [2.24, 2.45) is 11.7 Å². The van der Waals surface area contributed by atoms with E-state index >= 15 is 0 Å². The largest absolute Gasteiger partial charge is 0.338 e. The van der Waals surface area contributed by atoms with Gasteiger partial charge in [0.2, 0.25) is 5.89 Å². The van der Waals surface area contributed by atoms with Crippen LogP contribution in [0, 0.1) is 5.92 Å². The molecule has 1 atom stereocenters. The minimum atomic E-state index is -0.118. The summed E-state index contributed by atoms with van der Waals surface area (Å²) in [6.45, 7) is 6.41. The summed E-state index contributed by atoms with van der Waals surface area (Å²) >= 11 is 0. The summed E-state index contributed by atoms with van der Waals surface area (Å²) in [7, 11) is 0. The van der Waals surface area contributed by atoms with Gasteiger partial charge < -0.3 is 10.3 Å². The third kappa shape index (κ3) is 4.00. The van der Waals surface area contributed by atoms with Crippen LogP contribution in [0.3, 0.4) is 0 Å². The third-order valence-corrected chi connectivity index (χ3v) is 2.28. The number of nitrogens with two attached hydrogens (primary N) is 1. The molecule has 4 nitrogen and oxygen atoms in total. The van der Waals surface area contributed by atoms with Gasteiger partial charge in [-0.2, -0.15) is 4.98 Å². The second kappa shape index (κ2) is 5.85. The average Bonchev–Trinajstić information content (AvgIpc) is 2.62. The summed E-state index contributed by atoms with van der Waals surface area (Å²) < 4.78 is 5.14. The van der Waals surface area contributed by atoms with Gasteiger partial charge >= 0.3 is 0 Å². The van der Waals surface area contributed by atoms with E-state index in [4.69, 9.17) is 10.3 Å². The lowest BCUT2D eigenvalue weighted by Gasteiger charge is -2.08. The van der Waals surface area contributed by atoms with Crippen LogP contribution >= 0.6 is 0 Å². The fraction of sp³-hybridized carbons (Fsp3) is 0.818. The van der Waals surface area contributed by atoms with Crippen LogP contribution in [0.1, 0.15) is 57.8 Å². The molecule has 86 valence electrons. The van der Waals surface area contributed by atoms with Gasteiger partial charge in [-0.15, -0.1) is 0 Å². The predicted molar refractivity (Wildman–Crippen MR) is 59.3 cm³/mol. The molecule has 0 fully saturated rings. The molecular formula is C11H21N3O. The Morgan fingerprint density at radius 2 is 2.13 bits per heavy atom. The van der Waals surface area contributed by atoms with Gasteiger partial charge in [-0.05, 0) is 18.8 Å². The van der Waals surface area contributed by atoms with Crippen molar-refractivity contribution in [1.29, 1.82) is 0 Å². The van der Waals surface area contributed by atoms with Crippen LogP contribution in [-0.4, -0.2) is 10.1 Å². The number of hydrogen-bond donors (Lipinski definition) is 1. The molecule has 0 saturated carbocycles. The Hall–Kier alpha value is -0.900. The van der Waals surface area contributed by atoms with Crippen molar-refractivity contribution < 1.29 is 4.52 Å². The van der Waals surface area contributed by atoms with E-state index in [2.05, 4.69) is 30.9 Å². The minimum absolute atomic E-state index is 0.118. The average molecular weight is 211 g/mol. The Morgan fingerprint density at radius 1 is 1.40 bits per heavy atom. The SMILES string of the molecule is CCCCc1noc([C@@H](N)CC(C)C)n1. The summed E-state index contributed by atoms with van der Waals surface area (Å²) in [6.07, 6.45) is 4.00. The summed E-state index contributed by atoms with van der Waals surface area (Å²) in [6, 6.07) is -0.118. The molecule has 0 aromatic carbocycles. The molecule has 4 heteroatoms. The molecule has 0 amide bonds. The van der Waals surface area contributed by atoms with E-state index in [1.807, 2.05) is 0 Å². The van der Waals surface area contributed by atoms with E-state index in [9.17, 15) is 0 Å². The predicted octanol–water partition coefficient (Wildman–Crippen LogP) is 2.46. The van der Waals surface area contributed by atoms with Gasteiger partial charge in [-0.1, -0.05) is 32.3 Å². The summed E-state index contributed by atoms with van der Waals surface area (Å²) in [4.78, 5) is 4.30. The number of aryl methyl sites for hydroxylation is 1. The highest BCUT2D eigenvalue weighted by Crippen LogP contribution is 2.17. The molecular weight excluding hydrogens is 190 g/mol. The zero-order chi connectivity index (χ0) is 11.3. The Kier molecular flexibility index (Phi) is 4.75. The first-order valence-corrected chi connectivity index (χ1v) is 5.71. The van der Waals surface area contributed by atoms with Gasteiger partial charge in [0.15, 0.2) is 5.82 Å². The number of unbranched alkanes of at least 4 members (excludes halogenated alkanes) is 1. The molecule has 0 aliphatic carbocycles. The van der Waals surface area contributed by atoms with Gasteiger partial charge in [0.05, 0.1) is 6.04 Å². The van der Waals surface area contributed by atoms with Crippen molar-refractivity contribution in [2.75, 3.05) is 0 Å². The van der Waals surface area contributed by atoms with E-state index < -0.39 is 0 Å². The first-order valence-electron chi connectivity index (χ1n) is 5.71. The zero-order valence-electron chi connectivity index (χ0n) is 9.86. The zero-order valence-corrected chi connectivity index (χ0v) is 9.86. The summed E-state index contributed by atoms with van der Waals surface area (Å²) in [5, 5.41) is 3.92. The van der Waals surface area contributed by atoms with Crippen LogP contribution in [0.5, 0.6) is 0 Å². The Morgan fingerprint density at radius 3 is 2.73 bits per heavy atom. The van der Waals surface area contributed by atoms with Crippen molar-refractivity contribution in [1.82, 2.24) is 10.1 Å². The summed E-state index contributed by atoms with van der Waals surface area (Å²) in [5.74, 6) is 1.91. The fourth-order valence-electron chi connectivity index (χ4n) is 1.46. The summed E-state index contributed by atoms with van der Waals surface area (Å²) in [5.41, 5.74) is 5.94. The molecule has 0 spiro atoms. The monoisotopic (exact) mass is 211 g/mol. The maximum Gasteiger partial charge on any atom is 0.243 e. The molecule has 0 radical (unpaired) electrons. The molecule has 0 aliphatic heterocycles. The molecule has 1 aromatic rings. The third-order valence-electron chi connectivity index (χ3n) is 2.28. The van der Waals surface area contributed by atoms with Crippen LogP contribution in [0.15, 0.2) is 4.52 Å². The molecule has 1 aromatic heterocycles. The lowest BCUT2D eigenvalue weighted by molar-refractivity contribution is 0.332. The first-order chi connectivity index (χ1) is 7.13. The van der Waals surface area contributed by atoms with Crippen molar-refractivity contribution in [3.63, 3.8) is 0 Å². The van der Waals surface area contributed by atoms with Crippen LogP contribution in [0.25, 0.3) is 0 Å². The Bertz CT molecular complexity index is 283. The van der Waals surface area contributed by atoms with Gasteiger partial charge in [0, 0.05) is 6.42 Å². The van der Waals surface area contributed by atoms with Crippen LogP contribution < -0.4 is 5.73 Å². The van der Waals surface area contributed by atoms with Crippen molar-refractivity contribution in [3.05, 3.63) is 11.7 Å². The molecule has 1 rings (SSSR count). The topological polar surface area (TPSA) is 64.9 Å². The molecule has 15 heavy (non-hydrogen) atoms. The Labute approximate surface area is 91.2 Å². The molecule has 0 aliphatic rings. The molecule has 0 saturated heterocycles. The lowest BCUT2D eigenvalue weighted by atomic mass is 10.0. The number of hydrogen-bond acceptors (Lipinski definition) is 4. The van der Waals surface area contributed by atoms with Crippen LogP contribution in [0.2, 0.25) is 0 Å². The maximum absolute atomic E-state index is 5.94. The van der Waals surface area contributed by atoms with Crippen LogP contribution in [-0.2, 0) is 6.42 Å². The standard InChI is InChI=1S/C11H21N3O/c1-4-5-6-10-13-11(15-14-10)9(12)7-8(2)3/h8-9H,4-7,12H2,1-3H3/t9-/m0/s1.